The van der Waals surface area contributed by atoms with Crippen LogP contribution in [0.25, 0.3) is 0 Å². The summed E-state index contributed by atoms with van der Waals surface area (Å²) >= 11 is 0. The summed E-state index contributed by atoms with van der Waals surface area (Å²) < 4.78 is 5.15. The van der Waals surface area contributed by atoms with Gasteiger partial charge in [0.05, 0.1) is 18.7 Å². The van der Waals surface area contributed by atoms with Gasteiger partial charge < -0.3 is 19.7 Å². The monoisotopic (exact) mass is 300 g/mol. The van der Waals surface area contributed by atoms with Crippen molar-refractivity contribution in [2.75, 3.05) is 11.4 Å². The molecule has 1 atom stereocenters. The number of anilines is 1. The highest BCUT2D eigenvalue weighted by atomic mass is 16.3. The maximum absolute atomic E-state index is 12.1. The van der Waals surface area contributed by atoms with Gasteiger partial charge in [0, 0.05) is 18.7 Å². The van der Waals surface area contributed by atoms with Crippen molar-refractivity contribution in [2.24, 2.45) is 5.92 Å². The Bertz CT molecular complexity index is 664. The molecule has 1 fully saturated rings. The summed E-state index contributed by atoms with van der Waals surface area (Å²) in [5, 5.41) is 12.1. The van der Waals surface area contributed by atoms with E-state index in [-0.39, 0.29) is 29.9 Å². The Labute approximate surface area is 127 Å². The van der Waals surface area contributed by atoms with Crippen molar-refractivity contribution in [3.63, 3.8) is 0 Å². The van der Waals surface area contributed by atoms with Crippen LogP contribution in [0.4, 0.5) is 5.69 Å². The molecule has 1 aliphatic rings. The molecular weight excluding hydrogens is 284 g/mol. The van der Waals surface area contributed by atoms with Gasteiger partial charge in [0.15, 0.2) is 0 Å². The second-order valence-electron chi connectivity index (χ2n) is 5.22. The molecule has 6 nitrogen and oxygen atoms in total. The summed E-state index contributed by atoms with van der Waals surface area (Å²) in [6.07, 6.45) is 1.73. The molecule has 1 saturated heterocycles. The lowest BCUT2D eigenvalue weighted by molar-refractivity contribution is -0.126. The normalized spacial score (nSPS) is 17.7. The van der Waals surface area contributed by atoms with E-state index in [9.17, 15) is 14.7 Å². The zero-order valence-corrected chi connectivity index (χ0v) is 11.9. The van der Waals surface area contributed by atoms with Gasteiger partial charge in [-0.05, 0) is 36.4 Å². The van der Waals surface area contributed by atoms with Crippen LogP contribution in [0.2, 0.25) is 0 Å². The van der Waals surface area contributed by atoms with E-state index in [0.717, 1.165) is 0 Å². The number of furan rings is 1. The molecule has 0 saturated carbocycles. The predicted molar refractivity (Wildman–Crippen MR) is 79.1 cm³/mol. The van der Waals surface area contributed by atoms with Gasteiger partial charge in [-0.2, -0.15) is 0 Å². The minimum Gasteiger partial charge on any atom is -0.508 e. The largest absolute Gasteiger partial charge is 0.508 e. The predicted octanol–water partition coefficient (Wildman–Crippen LogP) is 1.65. The number of amides is 2. The molecule has 2 amide bonds. The van der Waals surface area contributed by atoms with Crippen molar-refractivity contribution in [3.05, 3.63) is 48.4 Å². The standard InChI is InChI=1S/C16H16N2O4/c19-13-5-3-12(4-6-13)18-10-11(8-15(18)20)16(21)17-9-14-2-1-7-22-14/h1-7,11,19H,8-10H2,(H,17,21)/t11-/m0/s1. The van der Waals surface area contributed by atoms with Crippen LogP contribution >= 0.6 is 0 Å². The van der Waals surface area contributed by atoms with E-state index in [0.29, 0.717) is 24.5 Å². The Morgan fingerprint density at radius 2 is 2.09 bits per heavy atom. The molecule has 2 heterocycles. The summed E-state index contributed by atoms with van der Waals surface area (Å²) in [6, 6.07) is 9.91. The van der Waals surface area contributed by atoms with Crippen LogP contribution < -0.4 is 10.2 Å². The first-order valence-corrected chi connectivity index (χ1v) is 7.03. The summed E-state index contributed by atoms with van der Waals surface area (Å²) in [6.45, 7) is 0.656. The molecule has 2 N–H and O–H groups in total. The highest BCUT2D eigenvalue weighted by Crippen LogP contribution is 2.26. The third-order valence-corrected chi connectivity index (χ3v) is 3.67. The van der Waals surface area contributed by atoms with Gasteiger partial charge >= 0.3 is 0 Å². The molecule has 1 aromatic carbocycles. The summed E-state index contributed by atoms with van der Waals surface area (Å²) in [7, 11) is 0. The molecule has 0 unspecified atom stereocenters. The van der Waals surface area contributed by atoms with Crippen LogP contribution in [0.3, 0.4) is 0 Å². The summed E-state index contributed by atoms with van der Waals surface area (Å²) in [5.41, 5.74) is 0.684. The van der Waals surface area contributed by atoms with Crippen molar-refractivity contribution in [3.8, 4) is 5.75 Å². The first-order chi connectivity index (χ1) is 10.6. The fraction of sp³-hybridized carbons (Fsp3) is 0.250. The van der Waals surface area contributed by atoms with Gasteiger partial charge in [0.1, 0.15) is 11.5 Å². The fourth-order valence-corrected chi connectivity index (χ4v) is 2.50. The van der Waals surface area contributed by atoms with Crippen LogP contribution in [-0.2, 0) is 16.1 Å². The highest BCUT2D eigenvalue weighted by molar-refractivity contribution is 6.00. The van der Waals surface area contributed by atoms with E-state index in [4.69, 9.17) is 4.42 Å². The maximum atomic E-state index is 12.1. The molecule has 0 bridgehead atoms. The molecular formula is C16H16N2O4. The number of rotatable bonds is 4. The minimum atomic E-state index is -0.378. The van der Waals surface area contributed by atoms with Gasteiger partial charge in [-0.1, -0.05) is 0 Å². The number of carbonyl (C=O) groups excluding carboxylic acids is 2. The second kappa shape index (κ2) is 5.93. The van der Waals surface area contributed by atoms with Crippen molar-refractivity contribution >= 4 is 17.5 Å². The third kappa shape index (κ3) is 2.95. The number of hydrogen-bond donors (Lipinski definition) is 2. The molecule has 114 valence electrons. The van der Waals surface area contributed by atoms with Gasteiger partial charge in [-0.25, -0.2) is 0 Å². The second-order valence-corrected chi connectivity index (χ2v) is 5.22. The van der Waals surface area contributed by atoms with Crippen molar-refractivity contribution < 1.29 is 19.1 Å². The van der Waals surface area contributed by atoms with Crippen LogP contribution in [0.1, 0.15) is 12.2 Å². The third-order valence-electron chi connectivity index (χ3n) is 3.67. The highest BCUT2D eigenvalue weighted by Gasteiger charge is 2.35. The molecule has 22 heavy (non-hydrogen) atoms. The van der Waals surface area contributed by atoms with Crippen LogP contribution in [0, 0.1) is 5.92 Å². The number of benzene rings is 1. The number of nitrogens with one attached hydrogen (secondary N) is 1. The van der Waals surface area contributed by atoms with E-state index in [1.54, 1.807) is 35.4 Å². The molecule has 0 radical (unpaired) electrons. The van der Waals surface area contributed by atoms with Crippen LogP contribution in [-0.4, -0.2) is 23.5 Å². The summed E-state index contributed by atoms with van der Waals surface area (Å²) in [5.74, 6) is 0.183. The maximum Gasteiger partial charge on any atom is 0.227 e. The van der Waals surface area contributed by atoms with E-state index in [1.165, 1.54) is 12.1 Å². The van der Waals surface area contributed by atoms with Gasteiger partial charge in [-0.3, -0.25) is 9.59 Å². The van der Waals surface area contributed by atoms with E-state index < -0.39 is 0 Å². The van der Waals surface area contributed by atoms with Gasteiger partial charge in [0.2, 0.25) is 11.8 Å². The Morgan fingerprint density at radius 3 is 2.77 bits per heavy atom. The average molecular weight is 300 g/mol. The Kier molecular flexibility index (Phi) is 3.82. The zero-order valence-electron chi connectivity index (χ0n) is 11.9. The van der Waals surface area contributed by atoms with E-state index in [2.05, 4.69) is 5.32 Å². The number of aromatic hydroxyl groups is 1. The first-order valence-electron chi connectivity index (χ1n) is 7.03. The van der Waals surface area contributed by atoms with E-state index >= 15 is 0 Å². The quantitative estimate of drug-likeness (QED) is 0.899. The number of hydrogen-bond acceptors (Lipinski definition) is 4. The Balaban J connectivity index is 1.61. The molecule has 2 aromatic rings. The van der Waals surface area contributed by atoms with Crippen molar-refractivity contribution in [2.45, 2.75) is 13.0 Å². The van der Waals surface area contributed by atoms with Gasteiger partial charge in [-0.15, -0.1) is 0 Å². The lowest BCUT2D eigenvalue weighted by atomic mass is 10.1. The summed E-state index contributed by atoms with van der Waals surface area (Å²) in [4.78, 5) is 25.8. The van der Waals surface area contributed by atoms with E-state index in [1.807, 2.05) is 0 Å². The smallest absolute Gasteiger partial charge is 0.227 e. The number of nitrogens with zero attached hydrogens (tertiary/aromatic N) is 1. The molecule has 1 aliphatic heterocycles. The van der Waals surface area contributed by atoms with Crippen LogP contribution in [0.5, 0.6) is 5.75 Å². The molecule has 1 aromatic heterocycles. The molecule has 0 aliphatic carbocycles. The Hall–Kier alpha value is -2.76. The number of phenols is 1. The SMILES string of the molecule is O=C(NCc1ccco1)[C@H]1CC(=O)N(c2ccc(O)cc2)C1. The lowest BCUT2D eigenvalue weighted by Gasteiger charge is -2.16. The van der Waals surface area contributed by atoms with Gasteiger partial charge in [0.25, 0.3) is 0 Å². The zero-order chi connectivity index (χ0) is 15.5. The van der Waals surface area contributed by atoms with Crippen LogP contribution in [0.15, 0.2) is 47.1 Å². The average Bonchev–Trinajstić information content (AvgIpc) is 3.15. The molecule has 3 rings (SSSR count). The first kappa shape index (κ1) is 14.2. The topological polar surface area (TPSA) is 82.8 Å². The van der Waals surface area contributed by atoms with Crippen molar-refractivity contribution in [1.29, 1.82) is 0 Å². The van der Waals surface area contributed by atoms with Crippen molar-refractivity contribution in [1.82, 2.24) is 5.32 Å². The Morgan fingerprint density at radius 1 is 1.32 bits per heavy atom. The molecule has 6 heteroatoms. The minimum absolute atomic E-state index is 0.0937. The fourth-order valence-electron chi connectivity index (χ4n) is 2.50. The number of phenolic OH excluding ortho intramolecular Hbond substituents is 1. The molecule has 0 spiro atoms. The number of carbonyl (C=O) groups is 2. The lowest BCUT2D eigenvalue weighted by Crippen LogP contribution is -2.32.